The Morgan fingerprint density at radius 3 is 2.26 bits per heavy atom. The van der Waals surface area contributed by atoms with Crippen molar-refractivity contribution in [1.29, 1.82) is 0 Å². The maximum Gasteiger partial charge on any atom is 0.254 e. The average molecular weight is 361 g/mol. The van der Waals surface area contributed by atoms with Crippen LogP contribution in [0.15, 0.2) is 59.0 Å². The van der Waals surface area contributed by atoms with E-state index in [-0.39, 0.29) is 11.7 Å². The number of amides is 1. The number of hydrogen-bond acceptors (Lipinski definition) is 3. The number of carbonyl (C=O) groups excluding carboxylic acids is 2. The van der Waals surface area contributed by atoms with Gasteiger partial charge in [0.1, 0.15) is 11.5 Å². The Morgan fingerprint density at radius 2 is 1.59 bits per heavy atom. The topological polar surface area (TPSA) is 50.5 Å². The highest BCUT2D eigenvalue weighted by molar-refractivity contribution is 6.15. The van der Waals surface area contributed by atoms with E-state index in [1.54, 1.807) is 36.2 Å². The van der Waals surface area contributed by atoms with E-state index in [2.05, 4.69) is 0 Å². The van der Waals surface area contributed by atoms with Crippen molar-refractivity contribution in [2.45, 2.75) is 27.3 Å². The standard InChI is InChI=1S/C23H23NO3/c1-15-9-10-16(2)21(13-15)22(25)19-7-5-6-8-20(19)23(26)24(4)14-18-12-11-17(3)27-18/h5-13H,14H2,1-4H3. The van der Waals surface area contributed by atoms with Gasteiger partial charge in [-0.15, -0.1) is 0 Å². The van der Waals surface area contributed by atoms with Gasteiger partial charge in [-0.2, -0.15) is 0 Å². The maximum absolute atomic E-state index is 13.1. The minimum absolute atomic E-state index is 0.137. The molecule has 1 heterocycles. The number of hydrogen-bond donors (Lipinski definition) is 0. The lowest BCUT2D eigenvalue weighted by Crippen LogP contribution is -2.27. The molecule has 0 aliphatic rings. The first kappa shape index (κ1) is 18.6. The molecule has 0 saturated heterocycles. The Hall–Kier alpha value is -3.14. The smallest absolute Gasteiger partial charge is 0.254 e. The molecule has 0 radical (unpaired) electrons. The molecule has 0 fully saturated rings. The molecule has 3 rings (SSSR count). The van der Waals surface area contributed by atoms with Gasteiger partial charge in [0.05, 0.1) is 12.1 Å². The molecular formula is C23H23NO3. The van der Waals surface area contributed by atoms with E-state index in [9.17, 15) is 9.59 Å². The van der Waals surface area contributed by atoms with Gasteiger partial charge in [0.15, 0.2) is 5.78 Å². The lowest BCUT2D eigenvalue weighted by molar-refractivity contribution is 0.0770. The lowest BCUT2D eigenvalue weighted by Gasteiger charge is -2.18. The molecular weight excluding hydrogens is 338 g/mol. The average Bonchev–Trinajstić information content (AvgIpc) is 3.07. The van der Waals surface area contributed by atoms with Crippen molar-refractivity contribution >= 4 is 11.7 Å². The van der Waals surface area contributed by atoms with Crippen LogP contribution < -0.4 is 0 Å². The van der Waals surface area contributed by atoms with Crippen LogP contribution in [-0.2, 0) is 6.54 Å². The number of aryl methyl sites for hydroxylation is 3. The van der Waals surface area contributed by atoms with E-state index in [1.165, 1.54) is 0 Å². The van der Waals surface area contributed by atoms with Crippen LogP contribution in [0.5, 0.6) is 0 Å². The van der Waals surface area contributed by atoms with E-state index < -0.39 is 0 Å². The van der Waals surface area contributed by atoms with Crippen LogP contribution in [0.1, 0.15) is 48.9 Å². The molecule has 0 aliphatic heterocycles. The third kappa shape index (κ3) is 4.00. The van der Waals surface area contributed by atoms with Gasteiger partial charge in [-0.3, -0.25) is 9.59 Å². The molecule has 4 heteroatoms. The molecule has 1 aromatic heterocycles. The zero-order valence-corrected chi connectivity index (χ0v) is 16.1. The van der Waals surface area contributed by atoms with E-state index >= 15 is 0 Å². The van der Waals surface area contributed by atoms with Gasteiger partial charge < -0.3 is 9.32 Å². The lowest BCUT2D eigenvalue weighted by atomic mass is 9.94. The van der Waals surface area contributed by atoms with Crippen molar-refractivity contribution in [1.82, 2.24) is 4.90 Å². The summed E-state index contributed by atoms with van der Waals surface area (Å²) in [5, 5.41) is 0. The number of rotatable bonds is 5. The molecule has 3 aromatic rings. The summed E-state index contributed by atoms with van der Waals surface area (Å²) in [5.74, 6) is 1.17. The Morgan fingerprint density at radius 1 is 0.889 bits per heavy atom. The molecule has 138 valence electrons. The summed E-state index contributed by atoms with van der Waals surface area (Å²) in [6.45, 7) is 6.07. The third-order valence-electron chi connectivity index (χ3n) is 4.58. The Labute approximate surface area is 159 Å². The predicted octanol–water partition coefficient (Wildman–Crippen LogP) is 4.71. The molecule has 0 spiro atoms. The number of ketones is 1. The van der Waals surface area contributed by atoms with Crippen molar-refractivity contribution in [2.24, 2.45) is 0 Å². The fraction of sp³-hybridized carbons (Fsp3) is 0.217. The molecule has 1 amide bonds. The van der Waals surface area contributed by atoms with E-state index in [0.717, 1.165) is 16.9 Å². The first-order chi connectivity index (χ1) is 12.9. The second-order valence-corrected chi connectivity index (χ2v) is 6.87. The van der Waals surface area contributed by atoms with E-state index in [1.807, 2.05) is 51.1 Å². The summed E-state index contributed by atoms with van der Waals surface area (Å²) in [6.07, 6.45) is 0. The highest BCUT2D eigenvalue weighted by atomic mass is 16.3. The second-order valence-electron chi connectivity index (χ2n) is 6.87. The fourth-order valence-electron chi connectivity index (χ4n) is 3.07. The van der Waals surface area contributed by atoms with Crippen LogP contribution in [0.4, 0.5) is 0 Å². The van der Waals surface area contributed by atoms with Crippen LogP contribution in [0.2, 0.25) is 0 Å². The minimum Gasteiger partial charge on any atom is -0.464 e. The molecule has 0 saturated carbocycles. The van der Waals surface area contributed by atoms with Crippen molar-refractivity contribution in [3.63, 3.8) is 0 Å². The monoisotopic (exact) mass is 361 g/mol. The summed E-state index contributed by atoms with van der Waals surface area (Å²) < 4.78 is 5.56. The van der Waals surface area contributed by atoms with Gasteiger partial charge in [0.2, 0.25) is 0 Å². The van der Waals surface area contributed by atoms with Gasteiger partial charge in [0.25, 0.3) is 5.91 Å². The van der Waals surface area contributed by atoms with Gasteiger partial charge in [-0.25, -0.2) is 0 Å². The number of benzene rings is 2. The molecule has 0 N–H and O–H groups in total. The maximum atomic E-state index is 13.1. The Bertz CT molecular complexity index is 1000. The van der Waals surface area contributed by atoms with Crippen LogP contribution >= 0.6 is 0 Å². The fourth-order valence-corrected chi connectivity index (χ4v) is 3.07. The first-order valence-electron chi connectivity index (χ1n) is 8.88. The van der Waals surface area contributed by atoms with Crippen molar-refractivity contribution < 1.29 is 14.0 Å². The summed E-state index contributed by atoms with van der Waals surface area (Å²) in [5.41, 5.74) is 3.35. The number of nitrogens with zero attached hydrogens (tertiary/aromatic N) is 1. The van der Waals surface area contributed by atoms with Crippen LogP contribution in [0.3, 0.4) is 0 Å². The molecule has 0 atom stereocenters. The highest BCUT2D eigenvalue weighted by Gasteiger charge is 2.22. The summed E-state index contributed by atoms with van der Waals surface area (Å²) in [6, 6.07) is 16.5. The number of carbonyl (C=O) groups is 2. The van der Waals surface area contributed by atoms with Crippen LogP contribution in [-0.4, -0.2) is 23.6 Å². The minimum atomic E-state index is -0.210. The van der Waals surface area contributed by atoms with Crippen LogP contribution in [0.25, 0.3) is 0 Å². The zero-order chi connectivity index (χ0) is 19.6. The predicted molar refractivity (Wildman–Crippen MR) is 105 cm³/mol. The van der Waals surface area contributed by atoms with Crippen molar-refractivity contribution in [2.75, 3.05) is 7.05 Å². The highest BCUT2D eigenvalue weighted by Crippen LogP contribution is 2.20. The summed E-state index contributed by atoms with van der Waals surface area (Å²) in [7, 11) is 1.71. The van der Waals surface area contributed by atoms with Crippen LogP contribution in [0, 0.1) is 20.8 Å². The van der Waals surface area contributed by atoms with Crippen molar-refractivity contribution in [3.05, 3.63) is 93.9 Å². The molecule has 27 heavy (non-hydrogen) atoms. The Kier molecular flexibility index (Phi) is 5.26. The molecule has 0 aliphatic carbocycles. The quantitative estimate of drug-likeness (QED) is 0.619. The first-order valence-corrected chi connectivity index (χ1v) is 8.88. The molecule has 4 nitrogen and oxygen atoms in total. The van der Waals surface area contributed by atoms with Gasteiger partial charge >= 0.3 is 0 Å². The summed E-state index contributed by atoms with van der Waals surface area (Å²) in [4.78, 5) is 27.7. The largest absolute Gasteiger partial charge is 0.464 e. The summed E-state index contributed by atoms with van der Waals surface area (Å²) >= 11 is 0. The van der Waals surface area contributed by atoms with Gasteiger partial charge in [0, 0.05) is 18.2 Å². The normalized spacial score (nSPS) is 10.7. The molecule has 0 bridgehead atoms. The molecule has 2 aromatic carbocycles. The third-order valence-corrected chi connectivity index (χ3v) is 4.58. The number of furan rings is 1. The SMILES string of the molecule is Cc1ccc(C)c(C(=O)c2ccccc2C(=O)N(C)Cc2ccc(C)o2)c1. The second kappa shape index (κ2) is 7.62. The van der Waals surface area contributed by atoms with E-state index in [4.69, 9.17) is 4.42 Å². The van der Waals surface area contributed by atoms with Crippen molar-refractivity contribution in [3.8, 4) is 0 Å². The van der Waals surface area contributed by atoms with Gasteiger partial charge in [-0.1, -0.05) is 35.9 Å². The Balaban J connectivity index is 1.92. The zero-order valence-electron chi connectivity index (χ0n) is 16.1. The van der Waals surface area contributed by atoms with Gasteiger partial charge in [-0.05, 0) is 50.6 Å². The molecule has 0 unspecified atom stereocenters. The van der Waals surface area contributed by atoms with E-state index in [0.29, 0.717) is 29.0 Å².